The van der Waals surface area contributed by atoms with E-state index in [9.17, 15) is 0 Å². The van der Waals surface area contributed by atoms with E-state index in [-0.39, 0.29) is 0 Å². The number of nitrogens with one attached hydrogen (secondary N) is 1. The van der Waals surface area contributed by atoms with E-state index in [4.69, 9.17) is 11.6 Å². The van der Waals surface area contributed by atoms with Crippen molar-refractivity contribution in [3.8, 4) is 0 Å². The summed E-state index contributed by atoms with van der Waals surface area (Å²) in [4.78, 5) is 4.65. The molecule has 3 nitrogen and oxygen atoms in total. The van der Waals surface area contributed by atoms with Crippen LogP contribution in [0.5, 0.6) is 0 Å². The summed E-state index contributed by atoms with van der Waals surface area (Å²) >= 11 is 8.09. The summed E-state index contributed by atoms with van der Waals surface area (Å²) in [6, 6.07) is 12.1. The van der Waals surface area contributed by atoms with Crippen molar-refractivity contribution in [3.63, 3.8) is 0 Å². The number of nitrogens with zero attached hydrogens (tertiary/aromatic N) is 2. The Bertz CT molecular complexity index is 824. The Labute approximate surface area is 145 Å². The molecule has 2 aromatic heterocycles. The predicted octanol–water partition coefficient (Wildman–Crippen LogP) is 5.17. The molecule has 0 radical (unpaired) electrons. The van der Waals surface area contributed by atoms with Crippen LogP contribution in [0.3, 0.4) is 0 Å². The van der Waals surface area contributed by atoms with E-state index in [0.717, 1.165) is 28.5 Å². The zero-order valence-corrected chi connectivity index (χ0v) is 14.3. The van der Waals surface area contributed by atoms with Gasteiger partial charge in [0.05, 0.1) is 17.6 Å². The van der Waals surface area contributed by atoms with Gasteiger partial charge in [-0.05, 0) is 48.4 Å². The highest BCUT2D eigenvalue weighted by atomic mass is 35.5. The second kappa shape index (κ2) is 6.46. The molecule has 1 aliphatic heterocycles. The summed E-state index contributed by atoms with van der Waals surface area (Å²) < 4.78 is 2.23. The summed E-state index contributed by atoms with van der Waals surface area (Å²) in [6.45, 7) is 0.737. The first-order valence-corrected chi connectivity index (χ1v) is 9.30. The van der Waals surface area contributed by atoms with Crippen LogP contribution in [-0.4, -0.2) is 15.1 Å². The van der Waals surface area contributed by atoms with E-state index in [1.165, 1.54) is 24.3 Å². The number of anilines is 1. The van der Waals surface area contributed by atoms with Crippen LogP contribution in [0, 0.1) is 0 Å². The lowest BCUT2D eigenvalue weighted by Gasteiger charge is -2.11. The van der Waals surface area contributed by atoms with E-state index >= 15 is 0 Å². The first-order valence-electron chi connectivity index (χ1n) is 7.87. The Morgan fingerprint density at radius 3 is 3.09 bits per heavy atom. The maximum Gasteiger partial charge on any atom is 0.160 e. The SMILES string of the molecule is Clc1cccc(CNc2cccn3c([C@@H]4CCCS4)cnc23)c1. The fourth-order valence-electron chi connectivity index (χ4n) is 3.06. The van der Waals surface area contributed by atoms with Crippen LogP contribution in [0.2, 0.25) is 5.02 Å². The molecule has 1 saturated heterocycles. The van der Waals surface area contributed by atoms with E-state index in [0.29, 0.717) is 5.25 Å². The van der Waals surface area contributed by atoms with Crippen LogP contribution >= 0.6 is 23.4 Å². The number of hydrogen-bond donors (Lipinski definition) is 1. The number of thioether (sulfide) groups is 1. The van der Waals surface area contributed by atoms with Crippen LogP contribution in [0.15, 0.2) is 48.8 Å². The number of hydrogen-bond acceptors (Lipinski definition) is 3. The molecule has 4 rings (SSSR count). The van der Waals surface area contributed by atoms with Gasteiger partial charge in [-0.2, -0.15) is 11.8 Å². The van der Waals surface area contributed by atoms with Gasteiger partial charge >= 0.3 is 0 Å². The van der Waals surface area contributed by atoms with Crippen LogP contribution in [0.4, 0.5) is 5.69 Å². The van der Waals surface area contributed by atoms with Gasteiger partial charge in [-0.1, -0.05) is 23.7 Å². The van der Waals surface area contributed by atoms with E-state index < -0.39 is 0 Å². The zero-order chi connectivity index (χ0) is 15.6. The van der Waals surface area contributed by atoms with Crippen LogP contribution in [-0.2, 0) is 6.54 Å². The van der Waals surface area contributed by atoms with Gasteiger partial charge in [-0.25, -0.2) is 4.98 Å². The molecule has 0 bridgehead atoms. The number of fused-ring (bicyclic) bond motifs is 1. The van der Waals surface area contributed by atoms with Crippen molar-refractivity contribution >= 4 is 34.7 Å². The fourth-order valence-corrected chi connectivity index (χ4v) is 4.57. The molecule has 1 aliphatic rings. The van der Waals surface area contributed by atoms with Crippen molar-refractivity contribution < 1.29 is 0 Å². The van der Waals surface area contributed by atoms with E-state index in [2.05, 4.69) is 39.1 Å². The average molecular weight is 344 g/mol. The Morgan fingerprint density at radius 2 is 2.26 bits per heavy atom. The number of aromatic nitrogens is 2. The molecule has 1 fully saturated rings. The molecule has 0 saturated carbocycles. The molecule has 0 unspecified atom stereocenters. The Balaban J connectivity index is 1.60. The third-order valence-electron chi connectivity index (χ3n) is 4.20. The highest BCUT2D eigenvalue weighted by Crippen LogP contribution is 2.40. The lowest BCUT2D eigenvalue weighted by atomic mass is 10.2. The highest BCUT2D eigenvalue weighted by Gasteiger charge is 2.21. The summed E-state index contributed by atoms with van der Waals surface area (Å²) in [5.74, 6) is 1.25. The molecule has 23 heavy (non-hydrogen) atoms. The van der Waals surface area contributed by atoms with Gasteiger partial charge in [0.15, 0.2) is 5.65 Å². The van der Waals surface area contributed by atoms with Crippen molar-refractivity contribution in [3.05, 3.63) is 65.1 Å². The third-order valence-corrected chi connectivity index (χ3v) is 5.83. The maximum absolute atomic E-state index is 6.05. The summed E-state index contributed by atoms with van der Waals surface area (Å²) in [5, 5.41) is 4.83. The number of pyridine rings is 1. The minimum atomic E-state index is 0.577. The number of imidazole rings is 1. The molecule has 1 aromatic carbocycles. The van der Waals surface area contributed by atoms with Gasteiger partial charge in [0.25, 0.3) is 0 Å². The maximum atomic E-state index is 6.05. The van der Waals surface area contributed by atoms with E-state index in [1.54, 1.807) is 0 Å². The van der Waals surface area contributed by atoms with Crippen molar-refractivity contribution in [1.82, 2.24) is 9.38 Å². The van der Waals surface area contributed by atoms with Crippen molar-refractivity contribution in [2.75, 3.05) is 11.1 Å². The van der Waals surface area contributed by atoms with Crippen molar-refractivity contribution in [2.24, 2.45) is 0 Å². The zero-order valence-electron chi connectivity index (χ0n) is 12.7. The Hall–Kier alpha value is -1.65. The first-order chi connectivity index (χ1) is 11.3. The number of benzene rings is 1. The normalized spacial score (nSPS) is 17.7. The Morgan fingerprint density at radius 1 is 1.30 bits per heavy atom. The van der Waals surface area contributed by atoms with Crippen molar-refractivity contribution in [1.29, 1.82) is 0 Å². The van der Waals surface area contributed by atoms with Gasteiger partial charge in [0.2, 0.25) is 0 Å². The summed E-state index contributed by atoms with van der Waals surface area (Å²) in [7, 11) is 0. The molecule has 5 heteroatoms. The third kappa shape index (κ3) is 3.06. The predicted molar refractivity (Wildman–Crippen MR) is 98.4 cm³/mol. The summed E-state index contributed by atoms with van der Waals surface area (Å²) in [6.07, 6.45) is 6.69. The van der Waals surface area contributed by atoms with E-state index in [1.807, 2.05) is 36.2 Å². The topological polar surface area (TPSA) is 29.3 Å². The molecule has 0 aliphatic carbocycles. The van der Waals surface area contributed by atoms with Crippen molar-refractivity contribution in [2.45, 2.75) is 24.6 Å². The number of rotatable bonds is 4. The highest BCUT2D eigenvalue weighted by molar-refractivity contribution is 7.99. The van der Waals surface area contributed by atoms with Gasteiger partial charge in [-0.15, -0.1) is 0 Å². The minimum absolute atomic E-state index is 0.577. The lowest BCUT2D eigenvalue weighted by Crippen LogP contribution is -2.02. The quantitative estimate of drug-likeness (QED) is 0.708. The molecular weight excluding hydrogens is 326 g/mol. The minimum Gasteiger partial charge on any atom is -0.378 e. The molecular formula is C18H18ClN3S. The second-order valence-corrected chi connectivity index (χ2v) is 7.53. The molecule has 0 amide bonds. The van der Waals surface area contributed by atoms with Crippen LogP contribution in [0.1, 0.15) is 29.3 Å². The number of halogens is 1. The summed E-state index contributed by atoms with van der Waals surface area (Å²) in [5.41, 5.74) is 4.53. The van der Waals surface area contributed by atoms with Gasteiger partial charge < -0.3 is 9.72 Å². The second-order valence-electron chi connectivity index (χ2n) is 5.78. The molecule has 1 N–H and O–H groups in total. The molecule has 1 atom stereocenters. The lowest BCUT2D eigenvalue weighted by molar-refractivity contribution is 0.799. The molecule has 0 spiro atoms. The molecule has 3 aromatic rings. The average Bonchev–Trinajstić information content (AvgIpc) is 3.22. The van der Waals surface area contributed by atoms with Gasteiger partial charge in [-0.3, -0.25) is 0 Å². The van der Waals surface area contributed by atoms with Crippen LogP contribution < -0.4 is 5.32 Å². The standard InChI is InChI=1S/C18H18ClN3S/c19-14-5-1-4-13(10-14)11-20-15-6-2-8-22-16(12-21-18(15)22)17-7-3-9-23-17/h1-2,4-6,8,10,12,17,20H,3,7,9,11H2/t17-/m0/s1. The van der Waals surface area contributed by atoms with Crippen LogP contribution in [0.25, 0.3) is 5.65 Å². The smallest absolute Gasteiger partial charge is 0.160 e. The van der Waals surface area contributed by atoms with Gasteiger partial charge in [0.1, 0.15) is 0 Å². The molecule has 3 heterocycles. The Kier molecular flexibility index (Phi) is 4.19. The monoisotopic (exact) mass is 343 g/mol. The first kappa shape index (κ1) is 14.9. The van der Waals surface area contributed by atoms with Gasteiger partial charge in [0, 0.05) is 23.0 Å². The molecule has 118 valence electrons. The fraction of sp³-hybridized carbons (Fsp3) is 0.278. The largest absolute Gasteiger partial charge is 0.378 e.